The molecule has 6 N–H and O–H groups in total. The number of fused-ring (bicyclic) bond motifs is 1. The summed E-state index contributed by atoms with van der Waals surface area (Å²) in [5, 5.41) is 21.0. The van der Waals surface area contributed by atoms with Crippen LogP contribution in [-0.2, 0) is 29.0 Å². The van der Waals surface area contributed by atoms with Crippen LogP contribution in [0.25, 0.3) is 22.0 Å². The number of carbonyl (C=O) groups is 3. The Kier molecular flexibility index (Phi) is 14.4. The van der Waals surface area contributed by atoms with Crippen molar-refractivity contribution in [2.45, 2.75) is 51.2 Å². The predicted molar refractivity (Wildman–Crippen MR) is 195 cm³/mol. The number of H-pyrrole nitrogens is 1. The van der Waals surface area contributed by atoms with Crippen LogP contribution in [0.2, 0.25) is 0 Å². The van der Waals surface area contributed by atoms with Gasteiger partial charge in [0.05, 0.1) is 0 Å². The number of phenols is 1. The smallest absolute Gasteiger partial charge is 0.490 e. The summed E-state index contributed by atoms with van der Waals surface area (Å²) in [4.78, 5) is 40.6. The summed E-state index contributed by atoms with van der Waals surface area (Å²) in [7, 11) is 0. The van der Waals surface area contributed by atoms with E-state index in [1.54, 1.807) is 12.1 Å². The number of carbonyl (C=O) groups excluding carboxylic acids is 2. The van der Waals surface area contributed by atoms with E-state index in [9.17, 15) is 27.9 Å². The van der Waals surface area contributed by atoms with Crippen LogP contribution in [0.5, 0.6) is 5.75 Å². The molecule has 2 amide bonds. The highest BCUT2D eigenvalue weighted by Gasteiger charge is 2.38. The summed E-state index contributed by atoms with van der Waals surface area (Å²) >= 11 is 0. The van der Waals surface area contributed by atoms with Gasteiger partial charge in [0.2, 0.25) is 5.91 Å². The summed E-state index contributed by atoms with van der Waals surface area (Å²) < 4.78 is 31.7. The topological polar surface area (TPSA) is 149 Å². The molecule has 0 bridgehead atoms. The summed E-state index contributed by atoms with van der Waals surface area (Å²) in [6.45, 7) is 2.33. The number of halogens is 3. The van der Waals surface area contributed by atoms with Crippen molar-refractivity contribution in [1.82, 2.24) is 15.2 Å². The van der Waals surface area contributed by atoms with E-state index < -0.39 is 12.1 Å². The number of carboxylic acids is 1. The molecule has 0 fully saturated rings. The first-order valence-electron chi connectivity index (χ1n) is 17.0. The van der Waals surface area contributed by atoms with Crippen LogP contribution in [0.1, 0.15) is 52.7 Å². The molecule has 5 rings (SSSR count). The van der Waals surface area contributed by atoms with Crippen molar-refractivity contribution in [3.63, 3.8) is 0 Å². The third-order valence-electron chi connectivity index (χ3n) is 8.41. The highest BCUT2D eigenvalue weighted by atomic mass is 19.4. The Morgan fingerprint density at radius 3 is 2.21 bits per heavy atom. The molecule has 5 aromatic rings. The number of nitrogens with one attached hydrogen (secondary N) is 2. The standard InChI is InChI=1S/C38H42N4O3.C2HF3O2/c39-21-4-1-5-22-40-38(45)32-11-7-10-31(25-32)30-9-6-8-29(24-30)27-42(23-20-28-14-17-34(43)18-15-28)37(44)19-16-33-26-41-36-13-3-2-12-35(33)36;3-2(4,5)1(6)7/h2-3,6-15,17-18,24-26,41,43H,1,4-5,16,19-23,27,39H2,(H,40,45);(H,6,7). The SMILES string of the molecule is NCCCCCNC(=O)c1cccc(-c2cccc(CN(CCc3ccc(O)cc3)C(=O)CCc3c[nH]c4ccccc34)c2)c1.O=C(O)C(F)(F)F. The molecular formula is C40H43F3N4O5. The first kappa shape index (κ1) is 39.2. The monoisotopic (exact) mass is 716 g/mol. The number of aromatic nitrogens is 1. The second-order valence-corrected chi connectivity index (χ2v) is 12.3. The Bertz CT molecular complexity index is 1920. The predicted octanol–water partition coefficient (Wildman–Crippen LogP) is 7.24. The van der Waals surface area contributed by atoms with Gasteiger partial charge in [-0.1, -0.05) is 67.1 Å². The Labute approximate surface area is 300 Å². The number of hydrogen-bond acceptors (Lipinski definition) is 5. The lowest BCUT2D eigenvalue weighted by atomic mass is 10.0. The van der Waals surface area contributed by atoms with E-state index in [4.69, 9.17) is 15.6 Å². The second-order valence-electron chi connectivity index (χ2n) is 12.3. The van der Waals surface area contributed by atoms with Crippen molar-refractivity contribution < 1.29 is 37.8 Å². The molecule has 0 unspecified atom stereocenters. The fourth-order valence-corrected chi connectivity index (χ4v) is 5.62. The van der Waals surface area contributed by atoms with Crippen molar-refractivity contribution in [2.24, 2.45) is 5.73 Å². The zero-order valence-corrected chi connectivity index (χ0v) is 28.7. The fourth-order valence-electron chi connectivity index (χ4n) is 5.62. The van der Waals surface area contributed by atoms with E-state index in [1.165, 1.54) is 0 Å². The molecule has 1 aromatic heterocycles. The normalized spacial score (nSPS) is 11.1. The number of rotatable bonds is 15. The lowest BCUT2D eigenvalue weighted by Gasteiger charge is -2.23. The Morgan fingerprint density at radius 1 is 0.808 bits per heavy atom. The van der Waals surface area contributed by atoms with E-state index in [1.807, 2.05) is 83.9 Å². The molecule has 0 saturated heterocycles. The minimum atomic E-state index is -5.08. The molecule has 0 spiro atoms. The summed E-state index contributed by atoms with van der Waals surface area (Å²) in [6.07, 6.45) is 1.53. The van der Waals surface area contributed by atoms with E-state index in [-0.39, 0.29) is 17.6 Å². The average molecular weight is 717 g/mol. The largest absolute Gasteiger partial charge is 0.508 e. The molecule has 0 aliphatic rings. The van der Waals surface area contributed by atoms with Crippen molar-refractivity contribution in [3.8, 4) is 16.9 Å². The highest BCUT2D eigenvalue weighted by Crippen LogP contribution is 2.24. The number of carboxylic acid groups (broad SMARTS) is 1. The molecule has 52 heavy (non-hydrogen) atoms. The van der Waals surface area contributed by atoms with Gasteiger partial charge in [0.15, 0.2) is 0 Å². The van der Waals surface area contributed by atoms with Crippen molar-refractivity contribution in [1.29, 1.82) is 0 Å². The van der Waals surface area contributed by atoms with Crippen LogP contribution in [0.4, 0.5) is 13.2 Å². The summed E-state index contributed by atoms with van der Waals surface area (Å²) in [5.74, 6) is -2.52. The number of nitrogens with two attached hydrogens (primary N) is 1. The van der Waals surface area contributed by atoms with Gasteiger partial charge < -0.3 is 31.1 Å². The van der Waals surface area contributed by atoms with Crippen LogP contribution < -0.4 is 11.1 Å². The van der Waals surface area contributed by atoms with Crippen LogP contribution in [0.15, 0.2) is 103 Å². The van der Waals surface area contributed by atoms with Gasteiger partial charge in [0.1, 0.15) is 5.75 Å². The van der Waals surface area contributed by atoms with Gasteiger partial charge in [0.25, 0.3) is 5.91 Å². The fraction of sp³-hybridized carbons (Fsp3) is 0.275. The van der Waals surface area contributed by atoms with E-state index in [0.29, 0.717) is 51.0 Å². The van der Waals surface area contributed by atoms with E-state index in [2.05, 4.69) is 22.4 Å². The quantitative estimate of drug-likeness (QED) is 0.0722. The number of alkyl halides is 3. The summed E-state index contributed by atoms with van der Waals surface area (Å²) in [5.41, 5.74) is 12.4. The van der Waals surface area contributed by atoms with E-state index in [0.717, 1.165) is 58.0 Å². The maximum Gasteiger partial charge on any atom is 0.490 e. The molecule has 0 aliphatic heterocycles. The number of hydrogen-bond donors (Lipinski definition) is 5. The highest BCUT2D eigenvalue weighted by molar-refractivity contribution is 5.95. The van der Waals surface area contributed by atoms with Crippen LogP contribution in [0, 0.1) is 0 Å². The number of aliphatic carboxylic acids is 1. The lowest BCUT2D eigenvalue weighted by Crippen LogP contribution is -2.32. The Hall–Kier alpha value is -5.62. The lowest BCUT2D eigenvalue weighted by molar-refractivity contribution is -0.192. The Balaban J connectivity index is 0.000000785. The third-order valence-corrected chi connectivity index (χ3v) is 8.41. The number of aryl methyl sites for hydroxylation is 1. The maximum absolute atomic E-state index is 13.7. The molecule has 4 aromatic carbocycles. The minimum Gasteiger partial charge on any atom is -0.508 e. The molecule has 12 heteroatoms. The minimum absolute atomic E-state index is 0.0815. The molecule has 0 atom stereocenters. The van der Waals surface area contributed by atoms with Crippen LogP contribution >= 0.6 is 0 Å². The van der Waals surface area contributed by atoms with Crippen LogP contribution in [-0.4, -0.2) is 63.7 Å². The molecule has 274 valence electrons. The van der Waals surface area contributed by atoms with Crippen LogP contribution in [0.3, 0.4) is 0 Å². The van der Waals surface area contributed by atoms with Gasteiger partial charge in [-0.25, -0.2) is 4.79 Å². The number of aromatic amines is 1. The zero-order valence-electron chi connectivity index (χ0n) is 28.7. The number of aromatic hydroxyl groups is 1. The van der Waals surface area contributed by atoms with Gasteiger partial charge in [-0.15, -0.1) is 0 Å². The van der Waals surface area contributed by atoms with Gasteiger partial charge in [0, 0.05) is 48.7 Å². The van der Waals surface area contributed by atoms with Crippen molar-refractivity contribution >= 4 is 28.7 Å². The molecular weight excluding hydrogens is 673 g/mol. The molecule has 0 saturated carbocycles. The Morgan fingerprint density at radius 2 is 1.50 bits per heavy atom. The maximum atomic E-state index is 13.7. The van der Waals surface area contributed by atoms with E-state index >= 15 is 0 Å². The number of amides is 2. The average Bonchev–Trinajstić information content (AvgIpc) is 3.56. The number of phenolic OH excluding ortho intramolecular Hbond substituents is 1. The molecule has 0 aliphatic carbocycles. The number of nitrogens with zero attached hydrogens (tertiary/aromatic N) is 1. The third kappa shape index (κ3) is 12.0. The van der Waals surface area contributed by atoms with Gasteiger partial charge in [-0.3, -0.25) is 9.59 Å². The van der Waals surface area contributed by atoms with Crippen molar-refractivity contribution in [2.75, 3.05) is 19.6 Å². The first-order chi connectivity index (χ1) is 24.9. The second kappa shape index (κ2) is 19.1. The molecule has 0 radical (unpaired) electrons. The first-order valence-corrected chi connectivity index (χ1v) is 17.0. The molecule has 1 heterocycles. The molecule has 9 nitrogen and oxygen atoms in total. The number of benzene rings is 4. The number of para-hydroxylation sites is 1. The van der Waals surface area contributed by atoms with Gasteiger partial charge in [-0.2, -0.15) is 13.2 Å². The van der Waals surface area contributed by atoms with Crippen molar-refractivity contribution in [3.05, 3.63) is 126 Å². The zero-order chi connectivity index (χ0) is 37.5. The number of unbranched alkanes of at least 4 members (excludes halogenated alkanes) is 2. The summed E-state index contributed by atoms with van der Waals surface area (Å²) in [6, 6.07) is 31.2. The van der Waals surface area contributed by atoms with Gasteiger partial charge in [-0.05, 0) is 96.4 Å². The van der Waals surface area contributed by atoms with Gasteiger partial charge >= 0.3 is 12.1 Å².